The molecule has 0 saturated carbocycles. The number of thiophene rings is 1. The van der Waals surface area contributed by atoms with Gasteiger partial charge in [0.1, 0.15) is 10.4 Å². The molecule has 0 spiro atoms. The number of nitrogens with zero attached hydrogens (tertiary/aromatic N) is 2. The first-order valence-electron chi connectivity index (χ1n) is 6.98. The monoisotopic (exact) mass is 356 g/mol. The maximum Gasteiger partial charge on any atom is 0.275 e. The van der Waals surface area contributed by atoms with E-state index in [2.05, 4.69) is 4.98 Å². The Kier molecular flexibility index (Phi) is 3.37. The van der Waals surface area contributed by atoms with Crippen LogP contribution in [0.5, 0.6) is 5.75 Å². The second-order valence-corrected chi connectivity index (χ2v) is 6.49. The van der Waals surface area contributed by atoms with Crippen molar-refractivity contribution in [2.45, 2.75) is 0 Å². The molecule has 0 radical (unpaired) electrons. The minimum Gasteiger partial charge on any atom is -0.507 e. The summed E-state index contributed by atoms with van der Waals surface area (Å²) in [5.41, 5.74) is 0.937. The number of phenols is 1. The fourth-order valence-corrected chi connectivity index (χ4v) is 3.55. The number of ketones is 1. The Morgan fingerprint density at radius 1 is 1.25 bits per heavy atom. The molecule has 0 aliphatic carbocycles. The Labute approximate surface area is 144 Å². The third-order valence-electron chi connectivity index (χ3n) is 3.69. The highest BCUT2D eigenvalue weighted by Crippen LogP contribution is 2.24. The molecular formula is C17H9ClN2O3S. The maximum absolute atomic E-state index is 12.6. The van der Waals surface area contributed by atoms with Crippen LogP contribution in [0.1, 0.15) is 15.9 Å². The predicted octanol–water partition coefficient (Wildman–Crippen LogP) is 3.50. The number of aromatic hydroxyl groups is 1. The Hall–Kier alpha value is -2.70. The van der Waals surface area contributed by atoms with Gasteiger partial charge in [-0.1, -0.05) is 23.7 Å². The number of carbonyl (C=O) groups excluding carboxylic acids is 1. The molecular weight excluding hydrogens is 348 g/mol. The molecule has 3 heterocycles. The molecule has 0 unspecified atom stereocenters. The molecule has 7 heteroatoms. The zero-order valence-corrected chi connectivity index (χ0v) is 13.6. The first kappa shape index (κ1) is 14.9. The zero-order valence-electron chi connectivity index (χ0n) is 12.1. The highest BCUT2D eigenvalue weighted by molar-refractivity contribution is 7.17. The Bertz CT molecular complexity index is 1180. The molecule has 4 aromatic rings. The molecule has 5 nitrogen and oxygen atoms in total. The number of rotatable bonds is 2. The highest BCUT2D eigenvalue weighted by Gasteiger charge is 2.17. The van der Waals surface area contributed by atoms with Crippen LogP contribution in [0.25, 0.3) is 15.9 Å². The quantitative estimate of drug-likeness (QED) is 0.558. The number of fused-ring (bicyclic) bond motifs is 2. The molecule has 1 N–H and O–H groups in total. The first-order chi connectivity index (χ1) is 11.6. The third kappa shape index (κ3) is 2.19. The van der Waals surface area contributed by atoms with Crippen molar-refractivity contribution < 1.29 is 9.90 Å². The molecule has 24 heavy (non-hydrogen) atoms. The summed E-state index contributed by atoms with van der Waals surface area (Å²) in [7, 11) is 0. The summed E-state index contributed by atoms with van der Waals surface area (Å²) in [6, 6.07) is 9.42. The van der Waals surface area contributed by atoms with Gasteiger partial charge in [-0.3, -0.25) is 14.0 Å². The molecule has 0 bridgehead atoms. The summed E-state index contributed by atoms with van der Waals surface area (Å²) in [4.78, 5) is 29.6. The largest absolute Gasteiger partial charge is 0.507 e. The van der Waals surface area contributed by atoms with E-state index in [1.54, 1.807) is 23.6 Å². The van der Waals surface area contributed by atoms with Crippen LogP contribution in [0, 0.1) is 0 Å². The third-order valence-corrected chi connectivity index (χ3v) is 4.86. The van der Waals surface area contributed by atoms with Gasteiger partial charge in [0.05, 0.1) is 16.1 Å². The van der Waals surface area contributed by atoms with Crippen LogP contribution in [0.15, 0.2) is 52.8 Å². The van der Waals surface area contributed by atoms with Crippen LogP contribution in [-0.2, 0) is 0 Å². The van der Waals surface area contributed by atoms with E-state index < -0.39 is 5.78 Å². The number of phenolic OH excluding ortho intramolecular Hbond substituents is 1. The summed E-state index contributed by atoms with van der Waals surface area (Å²) in [6.07, 6.45) is 1.41. The van der Waals surface area contributed by atoms with Crippen molar-refractivity contribution >= 4 is 44.6 Å². The second kappa shape index (κ2) is 5.43. The lowest BCUT2D eigenvalue weighted by Crippen LogP contribution is -2.16. The van der Waals surface area contributed by atoms with Crippen LogP contribution in [0.4, 0.5) is 0 Å². The lowest BCUT2D eigenvalue weighted by molar-refractivity contribution is 0.103. The van der Waals surface area contributed by atoms with Crippen LogP contribution in [0.3, 0.4) is 0 Å². The summed E-state index contributed by atoms with van der Waals surface area (Å²) in [6.45, 7) is 0. The molecule has 0 amide bonds. The van der Waals surface area contributed by atoms with Gasteiger partial charge in [-0.15, -0.1) is 11.3 Å². The number of para-hydroxylation sites is 1. The van der Waals surface area contributed by atoms with E-state index in [1.165, 1.54) is 40.1 Å². The van der Waals surface area contributed by atoms with E-state index in [1.807, 2.05) is 0 Å². The normalized spacial score (nSPS) is 11.2. The minimum absolute atomic E-state index is 0.127. The Balaban J connectivity index is 1.99. The van der Waals surface area contributed by atoms with E-state index in [0.717, 1.165) is 0 Å². The molecule has 0 fully saturated rings. The lowest BCUT2D eigenvalue weighted by atomic mass is 10.0. The minimum atomic E-state index is -0.421. The van der Waals surface area contributed by atoms with E-state index in [9.17, 15) is 14.7 Å². The van der Waals surface area contributed by atoms with Gasteiger partial charge in [0, 0.05) is 11.8 Å². The van der Waals surface area contributed by atoms with Crippen molar-refractivity contribution in [3.05, 3.63) is 74.5 Å². The van der Waals surface area contributed by atoms with Crippen LogP contribution in [0.2, 0.25) is 5.02 Å². The summed E-state index contributed by atoms with van der Waals surface area (Å²) in [5, 5.41) is 11.8. The Morgan fingerprint density at radius 3 is 2.83 bits per heavy atom. The second-order valence-electron chi connectivity index (χ2n) is 5.17. The number of hydrogen-bond acceptors (Lipinski definition) is 5. The van der Waals surface area contributed by atoms with Crippen LogP contribution in [-0.4, -0.2) is 20.3 Å². The average Bonchev–Trinajstić information content (AvgIpc) is 3.04. The van der Waals surface area contributed by atoms with E-state index in [0.29, 0.717) is 15.9 Å². The molecule has 1 aromatic carbocycles. The number of pyridine rings is 1. The number of carbonyl (C=O) groups is 1. The van der Waals surface area contributed by atoms with Crippen molar-refractivity contribution in [3.63, 3.8) is 0 Å². The molecule has 3 aromatic heterocycles. The van der Waals surface area contributed by atoms with Gasteiger partial charge in [-0.25, -0.2) is 4.98 Å². The SMILES string of the molecule is O=C(c1cc(Cl)c2nc3ccsc3c(=O)n2c1)c1ccccc1O. The molecule has 0 saturated heterocycles. The first-order valence-corrected chi connectivity index (χ1v) is 8.24. The average molecular weight is 357 g/mol. The van der Waals surface area contributed by atoms with Gasteiger partial charge in [-0.05, 0) is 29.6 Å². The topological polar surface area (TPSA) is 71.7 Å². The van der Waals surface area contributed by atoms with Gasteiger partial charge in [0.25, 0.3) is 5.56 Å². The van der Waals surface area contributed by atoms with Crippen molar-refractivity contribution in [1.82, 2.24) is 9.38 Å². The zero-order chi connectivity index (χ0) is 16.8. The molecule has 0 aliphatic rings. The van der Waals surface area contributed by atoms with Gasteiger partial charge in [-0.2, -0.15) is 0 Å². The highest BCUT2D eigenvalue weighted by atomic mass is 35.5. The number of aromatic nitrogens is 2. The van der Waals surface area contributed by atoms with Gasteiger partial charge >= 0.3 is 0 Å². The van der Waals surface area contributed by atoms with E-state index in [4.69, 9.17) is 11.6 Å². The van der Waals surface area contributed by atoms with E-state index >= 15 is 0 Å². The number of benzene rings is 1. The predicted molar refractivity (Wildman–Crippen MR) is 93.4 cm³/mol. The van der Waals surface area contributed by atoms with Crippen molar-refractivity contribution in [3.8, 4) is 5.75 Å². The van der Waals surface area contributed by atoms with Crippen LogP contribution >= 0.6 is 22.9 Å². The standard InChI is InChI=1S/C17H9ClN2O3S/c18-11-7-9(14(22)10-3-1-2-4-13(10)21)8-20-16(11)19-12-5-6-24-15(12)17(20)23/h1-8,21H. The summed E-state index contributed by atoms with van der Waals surface area (Å²) in [5.74, 6) is -0.548. The van der Waals surface area contributed by atoms with Crippen molar-refractivity contribution in [2.24, 2.45) is 0 Å². The molecule has 118 valence electrons. The number of halogens is 1. The summed E-state index contributed by atoms with van der Waals surface area (Å²) >= 11 is 7.52. The van der Waals surface area contributed by atoms with Gasteiger partial charge < -0.3 is 5.11 Å². The lowest BCUT2D eigenvalue weighted by Gasteiger charge is -2.08. The fraction of sp³-hybridized carbons (Fsp3) is 0. The maximum atomic E-state index is 12.6. The molecule has 4 rings (SSSR count). The molecule has 0 atom stereocenters. The van der Waals surface area contributed by atoms with Crippen molar-refractivity contribution in [2.75, 3.05) is 0 Å². The van der Waals surface area contributed by atoms with E-state index in [-0.39, 0.29) is 27.5 Å². The van der Waals surface area contributed by atoms with Crippen molar-refractivity contribution in [1.29, 1.82) is 0 Å². The van der Waals surface area contributed by atoms with Gasteiger partial charge in [0.2, 0.25) is 0 Å². The number of hydrogen-bond donors (Lipinski definition) is 1. The van der Waals surface area contributed by atoms with Crippen LogP contribution < -0.4 is 5.56 Å². The van der Waals surface area contributed by atoms with Gasteiger partial charge in [0.15, 0.2) is 11.4 Å². The fourth-order valence-electron chi connectivity index (χ4n) is 2.54. The Morgan fingerprint density at radius 2 is 2.04 bits per heavy atom. The molecule has 0 aliphatic heterocycles. The smallest absolute Gasteiger partial charge is 0.275 e. The summed E-state index contributed by atoms with van der Waals surface area (Å²) < 4.78 is 1.77.